The van der Waals surface area contributed by atoms with Gasteiger partial charge in [0, 0.05) is 6.04 Å². The van der Waals surface area contributed by atoms with E-state index < -0.39 is 5.97 Å². The fraction of sp³-hybridized carbons (Fsp3) is 0.250. The van der Waals surface area contributed by atoms with Crippen molar-refractivity contribution in [2.45, 2.75) is 18.9 Å². The summed E-state index contributed by atoms with van der Waals surface area (Å²) in [4.78, 5) is 10.3. The third-order valence-electron chi connectivity index (χ3n) is 1.99. The minimum atomic E-state index is -0.851. The molecule has 0 unspecified atom stereocenters. The van der Waals surface area contributed by atoms with Crippen LogP contribution in [0, 0.1) is 0 Å². The Labute approximate surface area is 89.2 Å². The van der Waals surface area contributed by atoms with Crippen LogP contribution in [0.1, 0.15) is 18.4 Å². The Bertz CT molecular complexity index is 333. The van der Waals surface area contributed by atoms with Crippen LogP contribution < -0.4 is 5.73 Å². The van der Waals surface area contributed by atoms with E-state index in [1.165, 1.54) is 0 Å². The number of hydrogen-bond acceptors (Lipinski definition) is 2. The second-order valence-corrected chi connectivity index (χ2v) is 3.41. The molecule has 0 aromatic heterocycles. The molecular formula is C12H15NO2. The molecule has 0 heterocycles. The number of benzene rings is 1. The maximum absolute atomic E-state index is 10.3. The van der Waals surface area contributed by atoms with Crippen molar-refractivity contribution >= 4 is 12.0 Å². The number of aliphatic carboxylic acids is 1. The lowest BCUT2D eigenvalue weighted by Crippen LogP contribution is -2.22. The molecule has 0 spiro atoms. The first-order valence-electron chi connectivity index (χ1n) is 4.87. The quantitative estimate of drug-likeness (QED) is 0.771. The van der Waals surface area contributed by atoms with E-state index in [2.05, 4.69) is 0 Å². The van der Waals surface area contributed by atoms with Gasteiger partial charge in [-0.1, -0.05) is 42.5 Å². The molecule has 0 fully saturated rings. The smallest absolute Gasteiger partial charge is 0.304 e. The Morgan fingerprint density at radius 2 is 2.07 bits per heavy atom. The number of nitrogens with two attached hydrogens (primary N) is 1. The molecule has 1 aromatic carbocycles. The molecule has 15 heavy (non-hydrogen) atoms. The third kappa shape index (κ3) is 4.98. The van der Waals surface area contributed by atoms with Gasteiger partial charge in [-0.2, -0.15) is 0 Å². The molecule has 1 atom stereocenters. The maximum atomic E-state index is 10.3. The van der Waals surface area contributed by atoms with E-state index in [0.29, 0.717) is 6.42 Å². The van der Waals surface area contributed by atoms with Gasteiger partial charge in [-0.15, -0.1) is 0 Å². The van der Waals surface area contributed by atoms with E-state index in [1.807, 2.05) is 42.5 Å². The molecule has 0 aliphatic carbocycles. The van der Waals surface area contributed by atoms with E-state index in [9.17, 15) is 4.79 Å². The van der Waals surface area contributed by atoms with Gasteiger partial charge in [-0.25, -0.2) is 0 Å². The van der Waals surface area contributed by atoms with Crippen molar-refractivity contribution in [1.29, 1.82) is 0 Å². The largest absolute Gasteiger partial charge is 0.481 e. The van der Waals surface area contributed by atoms with Crippen molar-refractivity contribution in [3.05, 3.63) is 42.0 Å². The number of rotatable bonds is 5. The standard InChI is InChI=1S/C12H15NO2/c13-11(9-12(14)15)8-4-7-10-5-2-1-3-6-10/h1-7,11H,8-9,13H2,(H,14,15)/t11-/m0/s1. The molecule has 0 amide bonds. The van der Waals surface area contributed by atoms with Crippen LogP contribution in [0.4, 0.5) is 0 Å². The van der Waals surface area contributed by atoms with Gasteiger partial charge in [0.05, 0.1) is 6.42 Å². The highest BCUT2D eigenvalue weighted by Crippen LogP contribution is 2.03. The molecule has 1 aromatic rings. The topological polar surface area (TPSA) is 63.3 Å². The van der Waals surface area contributed by atoms with Crippen LogP contribution in [0.3, 0.4) is 0 Å². The fourth-order valence-electron chi connectivity index (χ4n) is 1.25. The Morgan fingerprint density at radius 1 is 1.40 bits per heavy atom. The van der Waals surface area contributed by atoms with Crippen molar-refractivity contribution < 1.29 is 9.90 Å². The first kappa shape index (κ1) is 11.5. The van der Waals surface area contributed by atoms with Gasteiger partial charge in [0.1, 0.15) is 0 Å². The SMILES string of the molecule is N[C@@H](CC=Cc1ccccc1)CC(=O)O. The Kier molecular flexibility index (Phi) is 4.57. The van der Waals surface area contributed by atoms with E-state index in [-0.39, 0.29) is 12.5 Å². The number of carbonyl (C=O) groups is 1. The van der Waals surface area contributed by atoms with Crippen molar-refractivity contribution in [3.8, 4) is 0 Å². The maximum Gasteiger partial charge on any atom is 0.304 e. The molecule has 3 N–H and O–H groups in total. The van der Waals surface area contributed by atoms with Crippen molar-refractivity contribution in [1.82, 2.24) is 0 Å². The summed E-state index contributed by atoms with van der Waals surface area (Å²) in [6, 6.07) is 9.53. The number of hydrogen-bond donors (Lipinski definition) is 2. The zero-order valence-electron chi connectivity index (χ0n) is 8.47. The summed E-state index contributed by atoms with van der Waals surface area (Å²) in [5, 5.41) is 8.50. The molecule has 0 aliphatic heterocycles. The van der Waals surface area contributed by atoms with Crippen LogP contribution >= 0.6 is 0 Å². The molecule has 3 heteroatoms. The van der Waals surface area contributed by atoms with Crippen LogP contribution in [0.25, 0.3) is 6.08 Å². The summed E-state index contributed by atoms with van der Waals surface area (Å²) in [7, 11) is 0. The fourth-order valence-corrected chi connectivity index (χ4v) is 1.25. The van der Waals surface area contributed by atoms with Gasteiger partial charge in [0.2, 0.25) is 0 Å². The summed E-state index contributed by atoms with van der Waals surface area (Å²) < 4.78 is 0. The minimum Gasteiger partial charge on any atom is -0.481 e. The highest BCUT2D eigenvalue weighted by Gasteiger charge is 2.04. The summed E-state index contributed by atoms with van der Waals surface area (Å²) in [6.07, 6.45) is 4.45. The van der Waals surface area contributed by atoms with Crippen LogP contribution in [-0.4, -0.2) is 17.1 Å². The van der Waals surface area contributed by atoms with Gasteiger partial charge in [0.25, 0.3) is 0 Å². The molecule has 0 aliphatic rings. The average Bonchev–Trinajstić information content (AvgIpc) is 2.18. The van der Waals surface area contributed by atoms with Crippen molar-refractivity contribution in [2.24, 2.45) is 5.73 Å². The van der Waals surface area contributed by atoms with Crippen LogP contribution in [0.5, 0.6) is 0 Å². The van der Waals surface area contributed by atoms with Crippen molar-refractivity contribution in [2.75, 3.05) is 0 Å². The summed E-state index contributed by atoms with van der Waals surface area (Å²) in [5.41, 5.74) is 6.70. The number of carboxylic acids is 1. The van der Waals surface area contributed by atoms with E-state index >= 15 is 0 Å². The monoisotopic (exact) mass is 205 g/mol. The predicted octanol–water partition coefficient (Wildman–Crippen LogP) is 1.89. The van der Waals surface area contributed by atoms with Gasteiger partial charge in [-0.05, 0) is 12.0 Å². The highest BCUT2D eigenvalue weighted by atomic mass is 16.4. The van der Waals surface area contributed by atoms with E-state index in [0.717, 1.165) is 5.56 Å². The van der Waals surface area contributed by atoms with Crippen molar-refractivity contribution in [3.63, 3.8) is 0 Å². The molecule has 0 bridgehead atoms. The van der Waals surface area contributed by atoms with Crippen LogP contribution in [0.2, 0.25) is 0 Å². The molecular weight excluding hydrogens is 190 g/mol. The lowest BCUT2D eigenvalue weighted by atomic mass is 10.1. The predicted molar refractivity (Wildman–Crippen MR) is 60.3 cm³/mol. The second-order valence-electron chi connectivity index (χ2n) is 3.41. The molecule has 1 rings (SSSR count). The van der Waals surface area contributed by atoms with Gasteiger partial charge >= 0.3 is 5.97 Å². The Hall–Kier alpha value is -1.61. The Morgan fingerprint density at radius 3 is 2.67 bits per heavy atom. The molecule has 80 valence electrons. The highest BCUT2D eigenvalue weighted by molar-refractivity contribution is 5.67. The normalized spacial score (nSPS) is 12.9. The lowest BCUT2D eigenvalue weighted by molar-refractivity contribution is -0.137. The minimum absolute atomic E-state index is 0.0130. The first-order chi connectivity index (χ1) is 7.18. The zero-order valence-corrected chi connectivity index (χ0v) is 8.47. The lowest BCUT2D eigenvalue weighted by Gasteiger charge is -2.03. The van der Waals surface area contributed by atoms with E-state index in [1.54, 1.807) is 0 Å². The van der Waals surface area contributed by atoms with Gasteiger partial charge in [-0.3, -0.25) is 4.79 Å². The second kappa shape index (κ2) is 5.98. The average molecular weight is 205 g/mol. The van der Waals surface area contributed by atoms with Gasteiger partial charge in [0.15, 0.2) is 0 Å². The van der Waals surface area contributed by atoms with Crippen LogP contribution in [0.15, 0.2) is 36.4 Å². The molecule has 3 nitrogen and oxygen atoms in total. The molecule has 0 saturated carbocycles. The van der Waals surface area contributed by atoms with Crippen LogP contribution in [-0.2, 0) is 4.79 Å². The first-order valence-corrected chi connectivity index (χ1v) is 4.87. The summed E-state index contributed by atoms with van der Waals surface area (Å²) >= 11 is 0. The summed E-state index contributed by atoms with van der Waals surface area (Å²) in [6.45, 7) is 0. The molecule has 0 radical (unpaired) electrons. The summed E-state index contributed by atoms with van der Waals surface area (Å²) in [5.74, 6) is -0.851. The third-order valence-corrected chi connectivity index (χ3v) is 1.99. The Balaban J connectivity index is 2.37. The van der Waals surface area contributed by atoms with Gasteiger partial charge < -0.3 is 10.8 Å². The molecule has 0 saturated heterocycles. The number of carboxylic acid groups (broad SMARTS) is 1. The zero-order chi connectivity index (χ0) is 11.1. The van der Waals surface area contributed by atoms with E-state index in [4.69, 9.17) is 10.8 Å².